The Morgan fingerprint density at radius 1 is 1.43 bits per heavy atom. The van der Waals surface area contributed by atoms with Crippen molar-refractivity contribution in [3.8, 4) is 6.07 Å². The number of piperidine rings is 1. The normalized spacial score (nSPS) is 16.1. The maximum absolute atomic E-state index is 14.6. The van der Waals surface area contributed by atoms with Crippen LogP contribution in [0.2, 0.25) is 0 Å². The molecule has 150 valence electrons. The van der Waals surface area contributed by atoms with Crippen LogP contribution in [-0.2, 0) is 16.6 Å². The molecule has 0 aliphatic carbocycles. The van der Waals surface area contributed by atoms with E-state index in [2.05, 4.69) is 11.1 Å². The molecule has 9 heteroatoms. The van der Waals surface area contributed by atoms with Gasteiger partial charge in [0.15, 0.2) is 11.6 Å². The lowest BCUT2D eigenvalue weighted by atomic mass is 9.95. The largest absolute Gasteiger partial charge is 0.467 e. The van der Waals surface area contributed by atoms with Gasteiger partial charge in [0, 0.05) is 32.8 Å². The Morgan fingerprint density at radius 2 is 2.14 bits per heavy atom. The van der Waals surface area contributed by atoms with Crippen molar-refractivity contribution < 1.29 is 17.2 Å². The minimum atomic E-state index is -3.81. The Labute approximate surface area is 164 Å². The minimum Gasteiger partial charge on any atom is -0.467 e. The van der Waals surface area contributed by atoms with Gasteiger partial charge in [-0.2, -0.15) is 9.57 Å². The Bertz CT molecular complexity index is 975. The first-order valence-electron chi connectivity index (χ1n) is 9.09. The Kier molecular flexibility index (Phi) is 6.01. The zero-order chi connectivity index (χ0) is 20.3. The molecule has 28 heavy (non-hydrogen) atoms. The summed E-state index contributed by atoms with van der Waals surface area (Å²) >= 11 is 0. The fourth-order valence-electron chi connectivity index (χ4n) is 3.32. The Morgan fingerprint density at radius 3 is 2.71 bits per heavy atom. The molecule has 1 saturated heterocycles. The molecule has 1 fully saturated rings. The highest BCUT2D eigenvalue weighted by Crippen LogP contribution is 2.27. The molecule has 0 atom stereocenters. The van der Waals surface area contributed by atoms with Gasteiger partial charge in [0.25, 0.3) is 0 Å². The first-order chi connectivity index (χ1) is 13.3. The number of aromatic nitrogens is 1. The van der Waals surface area contributed by atoms with E-state index in [1.807, 2.05) is 13.0 Å². The second-order valence-corrected chi connectivity index (χ2v) is 9.01. The highest BCUT2D eigenvalue weighted by molar-refractivity contribution is 7.89. The van der Waals surface area contributed by atoms with Gasteiger partial charge < -0.3 is 9.32 Å². The van der Waals surface area contributed by atoms with E-state index in [9.17, 15) is 12.8 Å². The van der Waals surface area contributed by atoms with E-state index in [0.29, 0.717) is 44.7 Å². The predicted molar refractivity (Wildman–Crippen MR) is 101 cm³/mol. The maximum Gasteiger partial charge on any atom is 0.244 e. The van der Waals surface area contributed by atoms with Gasteiger partial charge >= 0.3 is 0 Å². The number of sulfonamides is 1. The molecule has 0 amide bonds. The molecule has 1 aliphatic rings. The maximum atomic E-state index is 14.6. The van der Waals surface area contributed by atoms with Gasteiger partial charge in [0.1, 0.15) is 10.7 Å². The van der Waals surface area contributed by atoms with Crippen molar-refractivity contribution in [3.63, 3.8) is 0 Å². The molecular weight excluding hydrogens is 383 g/mol. The van der Waals surface area contributed by atoms with E-state index in [4.69, 9.17) is 9.68 Å². The van der Waals surface area contributed by atoms with Crippen LogP contribution >= 0.6 is 0 Å². The van der Waals surface area contributed by atoms with Crippen molar-refractivity contribution in [2.45, 2.75) is 37.6 Å². The van der Waals surface area contributed by atoms with Crippen LogP contribution in [0.25, 0.3) is 0 Å². The second kappa shape index (κ2) is 8.29. The van der Waals surface area contributed by atoms with Gasteiger partial charge in [-0.05, 0) is 43.4 Å². The zero-order valence-corrected chi connectivity index (χ0v) is 16.7. The minimum absolute atomic E-state index is 0.0579. The first-order valence-corrected chi connectivity index (χ1v) is 10.5. The van der Waals surface area contributed by atoms with Crippen LogP contribution in [0.1, 0.15) is 30.6 Å². The van der Waals surface area contributed by atoms with Gasteiger partial charge in [0.2, 0.25) is 10.0 Å². The number of hydrogen-bond donors (Lipinski definition) is 0. The van der Waals surface area contributed by atoms with Crippen molar-refractivity contribution in [1.29, 1.82) is 5.26 Å². The van der Waals surface area contributed by atoms with Gasteiger partial charge in [-0.15, -0.1) is 0 Å². The summed E-state index contributed by atoms with van der Waals surface area (Å²) in [5.74, 6) is 0.266. The van der Waals surface area contributed by atoms with Crippen molar-refractivity contribution in [2.75, 3.05) is 25.0 Å². The molecule has 0 aromatic carbocycles. The highest BCUT2D eigenvalue weighted by Gasteiger charge is 2.30. The van der Waals surface area contributed by atoms with Crippen molar-refractivity contribution in [1.82, 2.24) is 9.29 Å². The third-order valence-corrected chi connectivity index (χ3v) is 6.96. The van der Waals surface area contributed by atoms with Crippen LogP contribution in [0.15, 0.2) is 33.9 Å². The summed E-state index contributed by atoms with van der Waals surface area (Å²) in [7, 11) is -2.14. The number of anilines is 1. The molecule has 0 unspecified atom stereocenters. The highest BCUT2D eigenvalue weighted by atomic mass is 32.2. The zero-order valence-electron chi connectivity index (χ0n) is 15.9. The molecule has 1 aliphatic heterocycles. The van der Waals surface area contributed by atoms with Crippen molar-refractivity contribution in [2.24, 2.45) is 5.92 Å². The number of hydrogen-bond acceptors (Lipinski definition) is 6. The summed E-state index contributed by atoms with van der Waals surface area (Å²) in [5, 5.41) is 8.78. The molecule has 0 N–H and O–H groups in total. The summed E-state index contributed by atoms with van der Waals surface area (Å²) in [6.07, 6.45) is 4.46. The van der Waals surface area contributed by atoms with Gasteiger partial charge in [-0.25, -0.2) is 17.8 Å². The molecule has 2 aromatic heterocycles. The summed E-state index contributed by atoms with van der Waals surface area (Å²) in [6, 6.07) is 4.97. The molecule has 3 rings (SSSR count). The molecule has 3 heterocycles. The molecule has 0 saturated carbocycles. The number of nitriles is 1. The summed E-state index contributed by atoms with van der Waals surface area (Å²) in [6.45, 7) is 2.87. The number of halogens is 1. The van der Waals surface area contributed by atoms with Crippen LogP contribution in [0.3, 0.4) is 0 Å². The lowest BCUT2D eigenvalue weighted by molar-refractivity contribution is 0.276. The molecule has 0 spiro atoms. The van der Waals surface area contributed by atoms with Crippen LogP contribution in [0.4, 0.5) is 10.2 Å². The molecule has 7 nitrogen and oxygen atoms in total. The van der Waals surface area contributed by atoms with Gasteiger partial charge in [0.05, 0.1) is 18.9 Å². The van der Waals surface area contributed by atoms with Crippen molar-refractivity contribution >= 4 is 15.8 Å². The third kappa shape index (κ3) is 4.18. The molecule has 0 radical (unpaired) electrons. The average Bonchev–Trinajstić information content (AvgIpc) is 3.07. The predicted octanol–water partition coefficient (Wildman–Crippen LogP) is 3.07. The topological polar surface area (TPSA) is 90.4 Å². The molecule has 0 bridgehead atoms. The van der Waals surface area contributed by atoms with Gasteiger partial charge in [-0.1, -0.05) is 0 Å². The smallest absolute Gasteiger partial charge is 0.244 e. The third-order valence-electron chi connectivity index (χ3n) is 5.10. The van der Waals surface area contributed by atoms with E-state index >= 15 is 0 Å². The summed E-state index contributed by atoms with van der Waals surface area (Å²) in [4.78, 5) is 5.47. The van der Waals surface area contributed by atoms with E-state index in [1.54, 1.807) is 18.2 Å². The number of nitrogens with zero attached hydrogens (tertiary/aromatic N) is 4. The quantitative estimate of drug-likeness (QED) is 0.732. The lowest BCUT2D eigenvalue weighted by Crippen LogP contribution is -2.38. The molecule has 2 aromatic rings. The SMILES string of the molecule is Cc1ccoc1CN(C)c1ncc(S(=O)(=O)N2CCC(CC#N)CC2)cc1F. The lowest BCUT2D eigenvalue weighted by Gasteiger charge is -2.30. The number of rotatable bonds is 6. The first kappa shape index (κ1) is 20.3. The van der Waals surface area contributed by atoms with E-state index in [1.165, 1.54) is 10.5 Å². The Hall–Kier alpha value is -2.44. The average molecular weight is 406 g/mol. The monoisotopic (exact) mass is 406 g/mol. The van der Waals surface area contributed by atoms with E-state index < -0.39 is 15.8 Å². The second-order valence-electron chi connectivity index (χ2n) is 7.07. The molecular formula is C19H23FN4O3S. The summed E-state index contributed by atoms with van der Waals surface area (Å²) in [5.41, 5.74) is 0.950. The number of pyridine rings is 1. The van der Waals surface area contributed by atoms with Crippen LogP contribution < -0.4 is 4.90 Å². The summed E-state index contributed by atoms with van der Waals surface area (Å²) < 4.78 is 47.0. The van der Waals surface area contributed by atoms with Crippen LogP contribution in [0.5, 0.6) is 0 Å². The van der Waals surface area contributed by atoms with E-state index in [0.717, 1.165) is 11.6 Å². The standard InChI is InChI=1S/C19H23FN4O3S/c1-14-6-10-27-18(14)13-23(2)19-17(20)11-16(12-22-19)28(25,26)24-8-4-15(3-7-21)5-9-24/h6,10-12,15H,3-5,8-9,13H2,1-2H3. The number of aryl methyl sites for hydroxylation is 1. The van der Waals surface area contributed by atoms with Crippen LogP contribution in [-0.4, -0.2) is 37.8 Å². The van der Waals surface area contributed by atoms with E-state index in [-0.39, 0.29) is 16.6 Å². The Balaban J connectivity index is 1.74. The fraction of sp³-hybridized carbons (Fsp3) is 0.474. The fourth-order valence-corrected chi connectivity index (χ4v) is 4.75. The van der Waals surface area contributed by atoms with Crippen molar-refractivity contribution in [3.05, 3.63) is 41.7 Å². The van der Waals surface area contributed by atoms with Gasteiger partial charge in [-0.3, -0.25) is 0 Å². The number of furan rings is 1. The van der Waals surface area contributed by atoms with Crippen LogP contribution in [0, 0.1) is 30.0 Å².